The Morgan fingerprint density at radius 3 is 2.30 bits per heavy atom. The number of carboxylic acid groups (broad SMARTS) is 1. The second-order valence-corrected chi connectivity index (χ2v) is 5.55. The van der Waals surface area contributed by atoms with Gasteiger partial charge in [-0.25, -0.2) is 0 Å². The van der Waals surface area contributed by atoms with Crippen LogP contribution >= 0.6 is 15.9 Å². The number of benzene rings is 1. The monoisotopic (exact) mass is 345 g/mol. The Bertz CT molecular complexity index is 476. The van der Waals surface area contributed by atoms with Gasteiger partial charge in [0.25, 0.3) is 0 Å². The smallest absolute Gasteiger partial charge is 0.317 e. The average molecular weight is 346 g/mol. The van der Waals surface area contributed by atoms with Crippen LogP contribution in [0.2, 0.25) is 0 Å². The fourth-order valence-electron chi connectivity index (χ4n) is 1.83. The fourth-order valence-corrected chi connectivity index (χ4v) is 2.28. The molecule has 0 heterocycles. The van der Waals surface area contributed by atoms with Crippen LogP contribution in [-0.4, -0.2) is 42.8 Å². The maximum Gasteiger partial charge on any atom is 0.317 e. The molecule has 1 aromatic rings. The summed E-state index contributed by atoms with van der Waals surface area (Å²) in [6, 6.07) is 3.82. The van der Waals surface area contributed by atoms with E-state index in [-0.39, 0.29) is 12.6 Å². The fraction of sp³-hybridized carbons (Fsp3) is 0.500. The summed E-state index contributed by atoms with van der Waals surface area (Å²) in [6.45, 7) is 4.46. The molecule has 5 nitrogen and oxygen atoms in total. The van der Waals surface area contributed by atoms with Gasteiger partial charge in [-0.1, -0.05) is 15.9 Å². The highest BCUT2D eigenvalue weighted by Gasteiger charge is 2.17. The van der Waals surface area contributed by atoms with E-state index in [0.29, 0.717) is 18.0 Å². The highest BCUT2D eigenvalue weighted by Crippen LogP contribution is 2.34. The van der Waals surface area contributed by atoms with Crippen LogP contribution in [0.5, 0.6) is 11.5 Å². The first-order valence-electron chi connectivity index (χ1n) is 6.25. The summed E-state index contributed by atoms with van der Waals surface area (Å²) < 4.78 is 11.4. The summed E-state index contributed by atoms with van der Waals surface area (Å²) in [5.41, 5.74) is 0.956. The van der Waals surface area contributed by atoms with Gasteiger partial charge in [-0.05, 0) is 31.5 Å². The van der Waals surface area contributed by atoms with Gasteiger partial charge in [0.2, 0.25) is 0 Å². The third kappa shape index (κ3) is 4.38. The van der Waals surface area contributed by atoms with Gasteiger partial charge < -0.3 is 14.6 Å². The second kappa shape index (κ2) is 7.50. The van der Waals surface area contributed by atoms with Gasteiger partial charge >= 0.3 is 5.97 Å². The standard InChI is InChI=1S/C14H20BrNO4/c1-9(2)16(8-14(17)18)7-10-5-12(19-3)13(20-4)6-11(10)15/h5-6,9H,7-8H2,1-4H3,(H,17,18). The van der Waals surface area contributed by atoms with Gasteiger partial charge in [0.05, 0.1) is 20.8 Å². The Hall–Kier alpha value is -1.27. The quantitative estimate of drug-likeness (QED) is 0.823. The predicted molar refractivity (Wildman–Crippen MR) is 80.4 cm³/mol. The predicted octanol–water partition coefficient (Wildman–Crippen LogP) is 2.76. The minimum atomic E-state index is -0.838. The molecular formula is C14H20BrNO4. The summed E-state index contributed by atoms with van der Waals surface area (Å²) in [4.78, 5) is 12.8. The third-order valence-electron chi connectivity index (χ3n) is 2.99. The SMILES string of the molecule is COc1cc(Br)c(CN(CC(=O)O)C(C)C)cc1OC. The van der Waals surface area contributed by atoms with Crippen LogP contribution in [0.1, 0.15) is 19.4 Å². The number of methoxy groups -OCH3 is 2. The molecule has 1 N–H and O–H groups in total. The van der Waals surface area contributed by atoms with E-state index in [4.69, 9.17) is 14.6 Å². The maximum atomic E-state index is 10.9. The van der Waals surface area contributed by atoms with Gasteiger partial charge in [-0.3, -0.25) is 9.69 Å². The lowest BCUT2D eigenvalue weighted by Gasteiger charge is -2.25. The largest absolute Gasteiger partial charge is 0.493 e. The minimum Gasteiger partial charge on any atom is -0.493 e. The summed E-state index contributed by atoms with van der Waals surface area (Å²) in [5, 5.41) is 8.96. The Labute approximate surface area is 127 Å². The van der Waals surface area contributed by atoms with Crippen molar-refractivity contribution in [1.82, 2.24) is 4.90 Å². The van der Waals surface area contributed by atoms with E-state index in [1.54, 1.807) is 14.2 Å². The maximum absolute atomic E-state index is 10.9. The molecule has 112 valence electrons. The summed E-state index contributed by atoms with van der Waals surface area (Å²) in [7, 11) is 3.15. The normalized spacial score (nSPS) is 10.9. The molecule has 1 rings (SSSR count). The molecule has 20 heavy (non-hydrogen) atoms. The second-order valence-electron chi connectivity index (χ2n) is 4.69. The summed E-state index contributed by atoms with van der Waals surface area (Å²) in [6.07, 6.45) is 0. The van der Waals surface area contributed by atoms with Crippen molar-refractivity contribution in [3.05, 3.63) is 22.2 Å². The molecule has 0 radical (unpaired) electrons. The number of carboxylic acids is 1. The first-order chi connectivity index (χ1) is 9.38. The van der Waals surface area contributed by atoms with Crippen molar-refractivity contribution in [2.75, 3.05) is 20.8 Å². The van der Waals surface area contributed by atoms with E-state index >= 15 is 0 Å². The van der Waals surface area contributed by atoms with Gasteiger partial charge in [-0.2, -0.15) is 0 Å². The molecule has 0 unspecified atom stereocenters. The highest BCUT2D eigenvalue weighted by molar-refractivity contribution is 9.10. The van der Waals surface area contributed by atoms with Gasteiger partial charge in [0.15, 0.2) is 11.5 Å². The molecule has 0 aliphatic heterocycles. The molecule has 0 fully saturated rings. The van der Waals surface area contributed by atoms with E-state index in [1.807, 2.05) is 30.9 Å². The lowest BCUT2D eigenvalue weighted by molar-refractivity contribution is -0.138. The molecule has 0 spiro atoms. The lowest BCUT2D eigenvalue weighted by atomic mass is 10.1. The van der Waals surface area contributed by atoms with Crippen molar-refractivity contribution in [1.29, 1.82) is 0 Å². The average Bonchev–Trinajstić information content (AvgIpc) is 2.38. The van der Waals surface area contributed by atoms with Gasteiger partial charge in [0, 0.05) is 17.1 Å². The van der Waals surface area contributed by atoms with Crippen LogP contribution in [0.15, 0.2) is 16.6 Å². The van der Waals surface area contributed by atoms with Crippen molar-refractivity contribution in [2.45, 2.75) is 26.4 Å². The Morgan fingerprint density at radius 1 is 1.30 bits per heavy atom. The minimum absolute atomic E-state index is 0.00154. The van der Waals surface area contributed by atoms with Crippen molar-refractivity contribution in [3.63, 3.8) is 0 Å². The van der Waals surface area contributed by atoms with Crippen molar-refractivity contribution < 1.29 is 19.4 Å². The zero-order valence-electron chi connectivity index (χ0n) is 12.1. The molecule has 0 aliphatic carbocycles. The van der Waals surface area contributed by atoms with E-state index in [2.05, 4.69) is 15.9 Å². The van der Waals surface area contributed by atoms with Crippen LogP contribution in [0.25, 0.3) is 0 Å². The van der Waals surface area contributed by atoms with Gasteiger partial charge in [-0.15, -0.1) is 0 Å². The molecule has 1 aromatic carbocycles. The van der Waals surface area contributed by atoms with Crippen molar-refractivity contribution in [2.24, 2.45) is 0 Å². The first-order valence-corrected chi connectivity index (χ1v) is 7.04. The zero-order chi connectivity index (χ0) is 15.3. The molecular weight excluding hydrogens is 326 g/mol. The van der Waals surface area contributed by atoms with Gasteiger partial charge in [0.1, 0.15) is 0 Å². The Morgan fingerprint density at radius 2 is 1.85 bits per heavy atom. The third-order valence-corrected chi connectivity index (χ3v) is 3.73. The molecule has 0 saturated heterocycles. The molecule has 0 atom stereocenters. The molecule has 0 bridgehead atoms. The lowest BCUT2D eigenvalue weighted by Crippen LogP contribution is -2.35. The number of hydrogen-bond donors (Lipinski definition) is 1. The van der Waals surface area contributed by atoms with Crippen LogP contribution in [0, 0.1) is 0 Å². The molecule has 0 saturated carbocycles. The Kier molecular flexibility index (Phi) is 6.29. The highest BCUT2D eigenvalue weighted by atomic mass is 79.9. The number of hydrogen-bond acceptors (Lipinski definition) is 4. The van der Waals surface area contributed by atoms with Crippen LogP contribution in [0.3, 0.4) is 0 Å². The summed E-state index contributed by atoms with van der Waals surface area (Å²) in [5.74, 6) is 0.428. The molecule has 6 heteroatoms. The van der Waals surface area contributed by atoms with Crippen molar-refractivity contribution in [3.8, 4) is 11.5 Å². The van der Waals surface area contributed by atoms with Crippen LogP contribution in [0.4, 0.5) is 0 Å². The van der Waals surface area contributed by atoms with Crippen molar-refractivity contribution >= 4 is 21.9 Å². The zero-order valence-corrected chi connectivity index (χ0v) is 13.7. The topological polar surface area (TPSA) is 59.0 Å². The summed E-state index contributed by atoms with van der Waals surface area (Å²) >= 11 is 3.49. The number of carbonyl (C=O) groups is 1. The number of halogens is 1. The molecule has 0 aromatic heterocycles. The molecule has 0 amide bonds. The van der Waals surface area contributed by atoms with E-state index in [9.17, 15) is 4.79 Å². The van der Waals surface area contributed by atoms with E-state index in [0.717, 1.165) is 10.0 Å². The van der Waals surface area contributed by atoms with Crippen LogP contribution in [-0.2, 0) is 11.3 Å². The van der Waals surface area contributed by atoms with E-state index < -0.39 is 5.97 Å². The Balaban J connectivity index is 3.03. The molecule has 0 aliphatic rings. The first kappa shape index (κ1) is 16.8. The number of rotatable bonds is 7. The van der Waals surface area contributed by atoms with E-state index in [1.165, 1.54) is 0 Å². The van der Waals surface area contributed by atoms with Crippen LogP contribution < -0.4 is 9.47 Å². The number of aliphatic carboxylic acids is 1. The number of nitrogens with zero attached hydrogens (tertiary/aromatic N) is 1. The number of ether oxygens (including phenoxy) is 2.